The van der Waals surface area contributed by atoms with E-state index in [0.29, 0.717) is 0 Å². The van der Waals surface area contributed by atoms with Gasteiger partial charge in [-0.15, -0.1) is 0 Å². The molecular formula is C30H32N2. The summed E-state index contributed by atoms with van der Waals surface area (Å²) in [6.07, 6.45) is 11.7. The lowest BCUT2D eigenvalue weighted by Gasteiger charge is -2.09. The lowest BCUT2D eigenvalue weighted by atomic mass is 10.1. The Hall–Kier alpha value is -3.26. The maximum Gasteiger partial charge on any atom is 0.0535 e. The minimum Gasteiger partial charge on any atom is -0.317 e. The first-order valence-corrected chi connectivity index (χ1v) is 12.1. The minimum atomic E-state index is 1.16. The summed E-state index contributed by atoms with van der Waals surface area (Å²) in [4.78, 5) is 0. The van der Waals surface area contributed by atoms with Crippen LogP contribution in [0.1, 0.15) is 50.7 Å². The molecule has 2 heteroatoms. The fourth-order valence-electron chi connectivity index (χ4n) is 4.62. The lowest BCUT2D eigenvalue weighted by molar-refractivity contribution is 0.795. The third kappa shape index (κ3) is 3.98. The number of rotatable bonds is 8. The van der Waals surface area contributed by atoms with Gasteiger partial charge in [-0.1, -0.05) is 51.0 Å². The lowest BCUT2D eigenvalue weighted by Crippen LogP contribution is -1.94. The summed E-state index contributed by atoms with van der Waals surface area (Å²) in [7, 11) is 0. The first-order chi connectivity index (χ1) is 15.8. The number of benzene rings is 3. The Morgan fingerprint density at radius 3 is 1.31 bits per heavy atom. The van der Waals surface area contributed by atoms with Crippen LogP contribution in [0.4, 0.5) is 0 Å². The summed E-state index contributed by atoms with van der Waals surface area (Å²) in [6.45, 7) is 4.49. The Labute approximate surface area is 191 Å². The van der Waals surface area contributed by atoms with Crippen molar-refractivity contribution < 1.29 is 0 Å². The van der Waals surface area contributed by atoms with Crippen molar-refractivity contribution >= 4 is 21.8 Å². The Morgan fingerprint density at radius 2 is 0.938 bits per heavy atom. The Balaban J connectivity index is 1.48. The average Bonchev–Trinajstić information content (AvgIpc) is 3.44. The first-order valence-electron chi connectivity index (χ1n) is 12.1. The molecule has 0 spiro atoms. The highest BCUT2D eigenvalue weighted by Gasteiger charge is 2.09. The molecule has 0 amide bonds. The second-order valence-corrected chi connectivity index (χ2v) is 8.88. The fourth-order valence-corrected chi connectivity index (χ4v) is 4.62. The molecule has 5 aromatic rings. The Kier molecular flexibility index (Phi) is 5.85. The van der Waals surface area contributed by atoms with Crippen molar-refractivity contribution in [3.8, 4) is 11.4 Å². The van der Waals surface area contributed by atoms with Gasteiger partial charge in [-0.05, 0) is 85.3 Å². The Morgan fingerprint density at radius 1 is 0.531 bits per heavy atom. The highest BCUT2D eigenvalue weighted by Crippen LogP contribution is 2.29. The van der Waals surface area contributed by atoms with Gasteiger partial charge >= 0.3 is 0 Å². The van der Waals surface area contributed by atoms with Crippen molar-refractivity contribution in [3.63, 3.8) is 0 Å². The zero-order valence-electron chi connectivity index (χ0n) is 19.2. The van der Waals surface area contributed by atoms with Crippen LogP contribution in [0.25, 0.3) is 33.2 Å². The number of unbranched alkanes of at least 4 members (excludes halogenated alkanes) is 2. The molecule has 3 aromatic carbocycles. The summed E-state index contributed by atoms with van der Waals surface area (Å²) >= 11 is 0. The summed E-state index contributed by atoms with van der Waals surface area (Å²) in [5.41, 5.74) is 7.81. The molecule has 5 rings (SSSR count). The van der Waals surface area contributed by atoms with Crippen molar-refractivity contribution in [3.05, 3.63) is 96.3 Å². The summed E-state index contributed by atoms with van der Waals surface area (Å²) in [6, 6.07) is 27.2. The molecule has 2 nitrogen and oxygen atoms in total. The van der Waals surface area contributed by atoms with E-state index in [2.05, 4.69) is 108 Å². The van der Waals surface area contributed by atoms with E-state index in [1.807, 2.05) is 0 Å². The van der Waals surface area contributed by atoms with Gasteiger partial charge in [0.15, 0.2) is 0 Å². The standard InChI is InChI=1S/C30H32N2/c1-3-5-7-23-9-13-27(14-10-23)31-19-17-25-22-30-26(21-29(25)31)18-20-32(30)28-15-11-24(12-16-28)8-6-4-2/h9-22H,3-8H2,1-2H3. The number of aromatic nitrogens is 2. The molecule has 0 atom stereocenters. The molecule has 0 aliphatic heterocycles. The summed E-state index contributed by atoms with van der Waals surface area (Å²) in [5, 5.41) is 2.54. The van der Waals surface area contributed by atoms with Gasteiger partial charge in [0.1, 0.15) is 0 Å². The van der Waals surface area contributed by atoms with Crippen LogP contribution in [0.5, 0.6) is 0 Å². The van der Waals surface area contributed by atoms with Gasteiger partial charge < -0.3 is 9.13 Å². The largest absolute Gasteiger partial charge is 0.317 e. The number of nitrogens with zero attached hydrogens (tertiary/aromatic N) is 2. The number of hydrogen-bond acceptors (Lipinski definition) is 0. The highest BCUT2D eigenvalue weighted by molar-refractivity contribution is 5.97. The summed E-state index contributed by atoms with van der Waals surface area (Å²) in [5.74, 6) is 0. The van der Waals surface area contributed by atoms with E-state index < -0.39 is 0 Å². The maximum atomic E-state index is 2.32. The number of aryl methyl sites for hydroxylation is 2. The van der Waals surface area contributed by atoms with Crippen LogP contribution >= 0.6 is 0 Å². The molecule has 0 N–H and O–H groups in total. The van der Waals surface area contributed by atoms with Crippen molar-refractivity contribution in [2.75, 3.05) is 0 Å². The molecule has 32 heavy (non-hydrogen) atoms. The topological polar surface area (TPSA) is 9.86 Å². The molecular weight excluding hydrogens is 388 g/mol. The van der Waals surface area contributed by atoms with Gasteiger partial charge in [0, 0.05) is 34.5 Å². The molecule has 0 aliphatic rings. The van der Waals surface area contributed by atoms with E-state index in [4.69, 9.17) is 0 Å². The Bertz CT molecular complexity index is 1210. The van der Waals surface area contributed by atoms with Crippen molar-refractivity contribution in [2.24, 2.45) is 0 Å². The van der Waals surface area contributed by atoms with E-state index in [0.717, 1.165) is 12.8 Å². The van der Waals surface area contributed by atoms with Crippen molar-refractivity contribution in [1.29, 1.82) is 0 Å². The number of fused-ring (bicyclic) bond motifs is 2. The summed E-state index contributed by atoms with van der Waals surface area (Å²) < 4.78 is 4.61. The van der Waals surface area contributed by atoms with Crippen LogP contribution in [0, 0.1) is 0 Å². The normalized spacial score (nSPS) is 11.6. The third-order valence-electron chi connectivity index (χ3n) is 6.57. The van der Waals surface area contributed by atoms with Crippen LogP contribution in [-0.2, 0) is 12.8 Å². The molecule has 0 unspecified atom stereocenters. The van der Waals surface area contributed by atoms with Crippen molar-refractivity contribution in [1.82, 2.24) is 9.13 Å². The van der Waals surface area contributed by atoms with E-state index in [1.165, 1.54) is 70.0 Å². The highest BCUT2D eigenvalue weighted by atomic mass is 15.0. The van der Waals surface area contributed by atoms with Crippen molar-refractivity contribution in [2.45, 2.75) is 52.4 Å². The van der Waals surface area contributed by atoms with Gasteiger partial charge in [-0.2, -0.15) is 0 Å². The zero-order valence-corrected chi connectivity index (χ0v) is 19.2. The van der Waals surface area contributed by atoms with Gasteiger partial charge in [0.05, 0.1) is 11.0 Å². The van der Waals surface area contributed by atoms with Gasteiger partial charge in [-0.25, -0.2) is 0 Å². The molecule has 0 saturated heterocycles. The van der Waals surface area contributed by atoms with Gasteiger partial charge in [-0.3, -0.25) is 0 Å². The third-order valence-corrected chi connectivity index (χ3v) is 6.57. The molecule has 0 radical (unpaired) electrons. The predicted octanol–water partition coefficient (Wildman–Crippen LogP) is 8.26. The molecule has 0 fully saturated rings. The zero-order chi connectivity index (χ0) is 21.9. The predicted molar refractivity (Wildman–Crippen MR) is 137 cm³/mol. The second kappa shape index (κ2) is 9.08. The average molecular weight is 421 g/mol. The molecule has 2 heterocycles. The minimum absolute atomic E-state index is 1.16. The SMILES string of the molecule is CCCCc1ccc(-n2ccc3cc4c(ccn4-c4ccc(CCCC)cc4)cc32)cc1. The van der Waals surface area contributed by atoms with Crippen LogP contribution < -0.4 is 0 Å². The monoisotopic (exact) mass is 420 g/mol. The maximum absolute atomic E-state index is 2.32. The van der Waals surface area contributed by atoms with Crippen LogP contribution in [0.15, 0.2) is 85.2 Å². The molecule has 0 bridgehead atoms. The van der Waals surface area contributed by atoms with Gasteiger partial charge in [0.2, 0.25) is 0 Å². The molecule has 0 aliphatic carbocycles. The molecule has 0 saturated carbocycles. The van der Waals surface area contributed by atoms with Crippen LogP contribution in [0.2, 0.25) is 0 Å². The van der Waals surface area contributed by atoms with Crippen LogP contribution in [-0.4, -0.2) is 9.13 Å². The smallest absolute Gasteiger partial charge is 0.0535 e. The van der Waals surface area contributed by atoms with E-state index >= 15 is 0 Å². The van der Waals surface area contributed by atoms with Crippen LogP contribution in [0.3, 0.4) is 0 Å². The molecule has 162 valence electrons. The first kappa shape index (κ1) is 20.6. The van der Waals surface area contributed by atoms with E-state index in [1.54, 1.807) is 0 Å². The van der Waals surface area contributed by atoms with E-state index in [-0.39, 0.29) is 0 Å². The molecule has 2 aromatic heterocycles. The van der Waals surface area contributed by atoms with Gasteiger partial charge in [0.25, 0.3) is 0 Å². The van der Waals surface area contributed by atoms with E-state index in [9.17, 15) is 0 Å². The quantitative estimate of drug-likeness (QED) is 0.239. The fraction of sp³-hybridized carbons (Fsp3) is 0.267. The number of hydrogen-bond donors (Lipinski definition) is 0. The second-order valence-electron chi connectivity index (χ2n) is 8.88.